The Bertz CT molecular complexity index is 1430. The number of nitrogens with zero attached hydrogens (tertiary/aromatic N) is 3. The van der Waals surface area contributed by atoms with Crippen molar-refractivity contribution >= 4 is 21.6 Å². The Hall–Kier alpha value is -3.47. The van der Waals surface area contributed by atoms with Crippen LogP contribution >= 0.6 is 0 Å². The molecule has 1 aliphatic heterocycles. The maximum absolute atomic E-state index is 13.0. The lowest BCUT2D eigenvalue weighted by Gasteiger charge is -2.32. The Morgan fingerprint density at radius 1 is 1.08 bits per heavy atom. The maximum Gasteiger partial charge on any atom is 0.328 e. The number of esters is 1. The molecule has 2 heterocycles. The molecule has 0 saturated heterocycles. The number of benzene rings is 2. The highest BCUT2D eigenvalue weighted by Crippen LogP contribution is 2.30. The maximum atomic E-state index is 13.0. The van der Waals surface area contributed by atoms with E-state index in [2.05, 4.69) is 11.2 Å². The Labute approximate surface area is 230 Å². The molecular formula is C29H35N3O6S. The molecule has 0 spiro atoms. The number of ether oxygens (including phenoxy) is 3. The summed E-state index contributed by atoms with van der Waals surface area (Å²) in [5.74, 6) is -0.250. The fourth-order valence-electron chi connectivity index (χ4n) is 4.40. The molecule has 39 heavy (non-hydrogen) atoms. The lowest BCUT2D eigenvalue weighted by atomic mass is 9.98. The van der Waals surface area contributed by atoms with E-state index < -0.39 is 20.7 Å². The number of hydrogen-bond acceptors (Lipinski definition) is 7. The third-order valence-electron chi connectivity index (χ3n) is 6.80. The van der Waals surface area contributed by atoms with Crippen LogP contribution in [-0.2, 0) is 30.9 Å². The number of sulfonamides is 1. The molecule has 0 N–H and O–H groups in total. The van der Waals surface area contributed by atoms with Gasteiger partial charge in [-0.3, -0.25) is 4.79 Å². The largest absolute Gasteiger partial charge is 0.474 e. The van der Waals surface area contributed by atoms with Crippen molar-refractivity contribution < 1.29 is 27.4 Å². The molecule has 2 aromatic carbocycles. The van der Waals surface area contributed by atoms with Crippen molar-refractivity contribution in [3.63, 3.8) is 0 Å². The predicted molar refractivity (Wildman–Crippen MR) is 149 cm³/mol. The van der Waals surface area contributed by atoms with Gasteiger partial charge in [-0.2, -0.15) is 4.31 Å². The normalized spacial score (nSPS) is 14.6. The van der Waals surface area contributed by atoms with Crippen molar-refractivity contribution in [2.75, 3.05) is 33.4 Å². The third kappa shape index (κ3) is 6.41. The molecule has 0 amide bonds. The summed E-state index contributed by atoms with van der Waals surface area (Å²) in [6.07, 6.45) is 4.30. The number of carbonyl (C=O) groups excluding carboxylic acids is 1. The molecule has 0 aliphatic carbocycles. The monoisotopic (exact) mass is 553 g/mol. The first kappa shape index (κ1) is 28.5. The Kier molecular flexibility index (Phi) is 8.89. The summed E-state index contributed by atoms with van der Waals surface area (Å²) in [5.41, 5.74) is 5.16. The molecule has 208 valence electrons. The van der Waals surface area contributed by atoms with Gasteiger partial charge in [0, 0.05) is 25.4 Å². The van der Waals surface area contributed by atoms with Crippen LogP contribution in [0.4, 0.5) is 0 Å². The smallest absolute Gasteiger partial charge is 0.328 e. The van der Waals surface area contributed by atoms with E-state index >= 15 is 0 Å². The summed E-state index contributed by atoms with van der Waals surface area (Å²) >= 11 is 0. The summed E-state index contributed by atoms with van der Waals surface area (Å²) in [6, 6.07) is 17.9. The first-order valence-corrected chi connectivity index (χ1v) is 14.3. The SMILES string of the molecule is COC(=O)C(C)(C)S(=O)(=O)N1CC=C(c2ccc(-n3ccc(OCCOCc4ccccc4)n3)c(C)c2)CC1. The van der Waals surface area contributed by atoms with E-state index in [4.69, 9.17) is 14.2 Å². The average Bonchev–Trinajstić information content (AvgIpc) is 3.41. The molecule has 0 radical (unpaired) electrons. The second-order valence-electron chi connectivity index (χ2n) is 9.83. The van der Waals surface area contributed by atoms with Crippen LogP contribution in [-0.4, -0.2) is 66.6 Å². The molecular weight excluding hydrogens is 518 g/mol. The van der Waals surface area contributed by atoms with Crippen LogP contribution in [0.25, 0.3) is 11.3 Å². The lowest BCUT2D eigenvalue weighted by Crippen LogP contribution is -2.51. The van der Waals surface area contributed by atoms with Gasteiger partial charge in [-0.1, -0.05) is 42.5 Å². The molecule has 0 fully saturated rings. The van der Waals surface area contributed by atoms with Crippen LogP contribution in [0.3, 0.4) is 0 Å². The highest BCUT2D eigenvalue weighted by Gasteiger charge is 2.46. The van der Waals surface area contributed by atoms with Gasteiger partial charge in [0.1, 0.15) is 6.61 Å². The van der Waals surface area contributed by atoms with Crippen LogP contribution in [0.5, 0.6) is 5.88 Å². The van der Waals surface area contributed by atoms with E-state index in [0.717, 1.165) is 28.0 Å². The number of hydrogen-bond donors (Lipinski definition) is 0. The van der Waals surface area contributed by atoms with Gasteiger partial charge < -0.3 is 14.2 Å². The van der Waals surface area contributed by atoms with E-state index in [0.29, 0.717) is 38.7 Å². The number of rotatable bonds is 11. The summed E-state index contributed by atoms with van der Waals surface area (Å²) in [5, 5.41) is 4.53. The second kappa shape index (κ2) is 12.1. The fraction of sp³-hybridized carbons (Fsp3) is 0.379. The zero-order valence-corrected chi connectivity index (χ0v) is 23.6. The first-order valence-electron chi connectivity index (χ1n) is 12.8. The van der Waals surface area contributed by atoms with E-state index in [-0.39, 0.29) is 6.54 Å². The zero-order valence-electron chi connectivity index (χ0n) is 22.8. The molecule has 0 unspecified atom stereocenters. The Balaban J connectivity index is 1.34. The quantitative estimate of drug-likeness (QED) is 0.260. The van der Waals surface area contributed by atoms with Crippen molar-refractivity contribution in [1.82, 2.24) is 14.1 Å². The highest BCUT2D eigenvalue weighted by atomic mass is 32.2. The van der Waals surface area contributed by atoms with Crippen LogP contribution in [0.15, 0.2) is 66.9 Å². The first-order chi connectivity index (χ1) is 18.6. The summed E-state index contributed by atoms with van der Waals surface area (Å²) in [7, 11) is -2.67. The molecule has 4 rings (SSSR count). The third-order valence-corrected chi connectivity index (χ3v) is 9.27. The van der Waals surface area contributed by atoms with Gasteiger partial charge in [-0.15, -0.1) is 5.10 Å². The summed E-state index contributed by atoms with van der Waals surface area (Å²) < 4.78 is 43.6. The van der Waals surface area contributed by atoms with Crippen molar-refractivity contribution in [1.29, 1.82) is 0 Å². The summed E-state index contributed by atoms with van der Waals surface area (Å²) in [4.78, 5) is 12.1. The molecule has 0 bridgehead atoms. The Morgan fingerprint density at radius 2 is 1.85 bits per heavy atom. The van der Waals surface area contributed by atoms with Crippen LogP contribution in [0, 0.1) is 6.92 Å². The van der Waals surface area contributed by atoms with Gasteiger partial charge >= 0.3 is 5.97 Å². The van der Waals surface area contributed by atoms with Gasteiger partial charge in [0.05, 0.1) is 26.0 Å². The topological polar surface area (TPSA) is 100.0 Å². The van der Waals surface area contributed by atoms with Crippen LogP contribution in [0.2, 0.25) is 0 Å². The molecule has 3 aromatic rings. The molecule has 1 aliphatic rings. The highest BCUT2D eigenvalue weighted by molar-refractivity contribution is 7.91. The summed E-state index contributed by atoms with van der Waals surface area (Å²) in [6.45, 7) is 6.67. The average molecular weight is 554 g/mol. The van der Waals surface area contributed by atoms with E-state index in [9.17, 15) is 13.2 Å². The molecule has 1 aromatic heterocycles. The number of aryl methyl sites for hydroxylation is 1. The predicted octanol–water partition coefficient (Wildman–Crippen LogP) is 4.15. The second-order valence-corrected chi connectivity index (χ2v) is 12.3. The number of methoxy groups -OCH3 is 1. The minimum Gasteiger partial charge on any atom is -0.474 e. The van der Waals surface area contributed by atoms with Crippen molar-refractivity contribution in [2.45, 2.75) is 38.5 Å². The van der Waals surface area contributed by atoms with Gasteiger partial charge in [0.15, 0.2) is 4.75 Å². The van der Waals surface area contributed by atoms with Gasteiger partial charge in [0.25, 0.3) is 0 Å². The zero-order chi connectivity index (χ0) is 28.0. The fourth-order valence-corrected chi connectivity index (χ4v) is 5.95. The molecule has 9 nitrogen and oxygen atoms in total. The van der Waals surface area contributed by atoms with Crippen molar-refractivity contribution in [3.05, 3.63) is 83.6 Å². The number of aromatic nitrogens is 2. The van der Waals surface area contributed by atoms with Gasteiger partial charge in [0.2, 0.25) is 15.9 Å². The van der Waals surface area contributed by atoms with Crippen LogP contribution < -0.4 is 4.74 Å². The van der Waals surface area contributed by atoms with E-state index in [1.54, 1.807) is 4.68 Å². The molecule has 0 atom stereocenters. The van der Waals surface area contributed by atoms with Crippen molar-refractivity contribution in [3.8, 4) is 11.6 Å². The van der Waals surface area contributed by atoms with Gasteiger partial charge in [-0.25, -0.2) is 13.1 Å². The van der Waals surface area contributed by atoms with Crippen LogP contribution in [0.1, 0.15) is 37.0 Å². The lowest BCUT2D eigenvalue weighted by molar-refractivity contribution is -0.142. The molecule has 10 heteroatoms. The molecule has 0 saturated carbocycles. The standard InChI is InChI=1S/C29H35N3O6S/c1-22-20-25(24-12-15-31(16-13-24)39(34,35)29(2,3)28(33)36-4)10-11-26(22)32-17-14-27(30-32)38-19-18-37-21-23-8-6-5-7-9-23/h5-12,14,17,20H,13,15-16,18-19,21H2,1-4H3. The van der Waals surface area contributed by atoms with E-state index in [1.165, 1.54) is 25.3 Å². The minimum atomic E-state index is -3.87. The van der Waals surface area contributed by atoms with E-state index in [1.807, 2.05) is 67.7 Å². The minimum absolute atomic E-state index is 0.202. The van der Waals surface area contributed by atoms with Gasteiger partial charge in [-0.05, 0) is 61.6 Å². The van der Waals surface area contributed by atoms with Crippen molar-refractivity contribution in [2.24, 2.45) is 0 Å². The Morgan fingerprint density at radius 3 is 2.51 bits per heavy atom. The number of carbonyl (C=O) groups is 1.